The molecule has 0 aliphatic rings. The van der Waals surface area contributed by atoms with E-state index in [1.807, 2.05) is 0 Å². The van der Waals surface area contributed by atoms with Gasteiger partial charge in [0, 0.05) is 18.8 Å². The van der Waals surface area contributed by atoms with Crippen LogP contribution in [-0.2, 0) is 12.8 Å². The van der Waals surface area contributed by atoms with Gasteiger partial charge in [-0.1, -0.05) is 28.5 Å². The van der Waals surface area contributed by atoms with Gasteiger partial charge in [0.2, 0.25) is 11.5 Å². The number of para-hydroxylation sites is 1. The van der Waals surface area contributed by atoms with E-state index in [1.165, 1.54) is 19.9 Å². The number of benzene rings is 1. The van der Waals surface area contributed by atoms with Crippen molar-refractivity contribution in [1.82, 2.24) is 10.3 Å². The van der Waals surface area contributed by atoms with Crippen LogP contribution in [0.2, 0.25) is 0 Å². The maximum absolute atomic E-state index is 11.3. The second kappa shape index (κ2) is 7.47. The number of nitro groups is 2. The maximum atomic E-state index is 11.3. The lowest BCUT2D eigenvalue weighted by molar-refractivity contribution is -0.386. The van der Waals surface area contributed by atoms with Crippen molar-refractivity contribution in [2.75, 3.05) is 0 Å². The summed E-state index contributed by atoms with van der Waals surface area (Å²) in [5.74, 6) is -0.645. The molecule has 0 aliphatic carbocycles. The Kier molecular flexibility index (Phi) is 5.07. The van der Waals surface area contributed by atoms with Crippen LogP contribution in [0.3, 0.4) is 0 Å². The van der Waals surface area contributed by atoms with Crippen molar-refractivity contribution in [1.29, 1.82) is 0 Å². The number of hydrogen-bond donors (Lipinski definition) is 1. The molecule has 11 heteroatoms. The average molecular weight is 388 g/mol. The Morgan fingerprint density at radius 1 is 0.964 bits per heavy atom. The molecule has 2 heterocycles. The van der Waals surface area contributed by atoms with Crippen molar-refractivity contribution in [2.24, 2.45) is 0 Å². The van der Waals surface area contributed by atoms with E-state index in [0.29, 0.717) is 5.56 Å². The van der Waals surface area contributed by atoms with Gasteiger partial charge >= 0.3 is 11.4 Å². The smallest absolute Gasteiger partial charge is 0.334 e. The molecule has 11 nitrogen and oxygen atoms in total. The molecule has 0 saturated heterocycles. The van der Waals surface area contributed by atoms with Crippen molar-refractivity contribution in [3.63, 3.8) is 0 Å². The number of aryl methyl sites for hydroxylation is 2. The zero-order chi connectivity index (χ0) is 20.4. The van der Waals surface area contributed by atoms with E-state index >= 15 is 0 Å². The molecule has 3 aromatic rings. The van der Waals surface area contributed by atoms with Crippen LogP contribution in [0.1, 0.15) is 34.4 Å². The Morgan fingerprint density at radius 3 is 1.86 bits per heavy atom. The van der Waals surface area contributed by atoms with E-state index in [4.69, 9.17) is 9.05 Å². The predicted octanol–water partition coefficient (Wildman–Crippen LogP) is 3.37. The lowest BCUT2D eigenvalue weighted by Gasteiger charge is -2.15. The number of phenolic OH excluding ortho intramolecular Hbond substituents is 1. The highest BCUT2D eigenvalue weighted by atomic mass is 16.6. The summed E-state index contributed by atoms with van der Waals surface area (Å²) in [6.07, 6.45) is -0.0444. The van der Waals surface area contributed by atoms with Crippen molar-refractivity contribution in [3.05, 3.63) is 73.0 Å². The SMILES string of the molecule is Cc1noc(CC(Cc2onc(C)c2[N+](=O)[O-])c2ccccc2O)c1[N+](=O)[O-]. The van der Waals surface area contributed by atoms with Gasteiger partial charge < -0.3 is 14.2 Å². The van der Waals surface area contributed by atoms with Crippen molar-refractivity contribution in [2.45, 2.75) is 32.6 Å². The van der Waals surface area contributed by atoms with Gasteiger partial charge in [-0.25, -0.2) is 0 Å². The predicted molar refractivity (Wildman–Crippen MR) is 94.0 cm³/mol. The zero-order valence-electron chi connectivity index (χ0n) is 15.0. The minimum atomic E-state index is -0.613. The zero-order valence-corrected chi connectivity index (χ0v) is 15.0. The van der Waals surface area contributed by atoms with Crippen LogP contribution < -0.4 is 0 Å². The first kappa shape index (κ1) is 19.0. The number of aromatic nitrogens is 2. The fourth-order valence-electron chi connectivity index (χ4n) is 3.13. The number of nitrogens with zero attached hydrogens (tertiary/aromatic N) is 4. The largest absolute Gasteiger partial charge is 0.508 e. The van der Waals surface area contributed by atoms with Gasteiger partial charge in [-0.05, 0) is 25.5 Å². The summed E-state index contributed by atoms with van der Waals surface area (Å²) < 4.78 is 10.2. The van der Waals surface area contributed by atoms with Gasteiger partial charge in [0.05, 0.1) is 9.85 Å². The quantitative estimate of drug-likeness (QED) is 0.473. The molecule has 0 atom stereocenters. The highest BCUT2D eigenvalue weighted by molar-refractivity contribution is 5.43. The molecule has 0 bridgehead atoms. The topological polar surface area (TPSA) is 159 Å². The third kappa shape index (κ3) is 3.54. The first-order valence-electron chi connectivity index (χ1n) is 8.26. The van der Waals surface area contributed by atoms with Crippen LogP contribution in [0.15, 0.2) is 33.3 Å². The first-order valence-corrected chi connectivity index (χ1v) is 8.26. The van der Waals surface area contributed by atoms with Crippen LogP contribution in [0, 0.1) is 34.1 Å². The summed E-state index contributed by atoms with van der Waals surface area (Å²) in [5, 5.41) is 40.2. The van der Waals surface area contributed by atoms with Crippen LogP contribution >= 0.6 is 0 Å². The lowest BCUT2D eigenvalue weighted by Crippen LogP contribution is -2.09. The van der Waals surface area contributed by atoms with E-state index in [0.717, 1.165) is 0 Å². The summed E-state index contributed by atoms with van der Waals surface area (Å²) in [6, 6.07) is 6.40. The van der Waals surface area contributed by atoms with Crippen LogP contribution in [0.5, 0.6) is 5.75 Å². The standard InChI is InChI=1S/C17H16N4O7/c1-9-16(20(23)24)14(27-18-9)7-11(12-5-3-4-6-13(12)22)8-15-17(21(25)26)10(2)19-28-15/h3-6,11,22H,7-8H2,1-2H3. The van der Waals surface area contributed by atoms with Gasteiger partial charge in [-0.3, -0.25) is 20.2 Å². The Bertz CT molecular complexity index is 980. The number of aromatic hydroxyl groups is 1. The highest BCUT2D eigenvalue weighted by Gasteiger charge is 2.32. The van der Waals surface area contributed by atoms with Crippen molar-refractivity contribution in [3.8, 4) is 5.75 Å². The highest BCUT2D eigenvalue weighted by Crippen LogP contribution is 2.36. The van der Waals surface area contributed by atoms with Crippen molar-refractivity contribution >= 4 is 11.4 Å². The Balaban J connectivity index is 2.04. The fourth-order valence-corrected chi connectivity index (χ4v) is 3.13. The number of rotatable bonds is 7. The normalized spacial score (nSPS) is 11.1. The van der Waals surface area contributed by atoms with E-state index in [1.54, 1.807) is 18.2 Å². The Hall–Kier alpha value is -3.76. The van der Waals surface area contributed by atoms with E-state index in [9.17, 15) is 25.3 Å². The monoisotopic (exact) mass is 388 g/mol. The molecule has 1 aromatic carbocycles. The van der Waals surface area contributed by atoms with E-state index in [2.05, 4.69) is 10.3 Å². The maximum Gasteiger partial charge on any atom is 0.334 e. The lowest BCUT2D eigenvalue weighted by atomic mass is 9.89. The van der Waals surface area contributed by atoms with Gasteiger partial charge in [0.15, 0.2) is 11.4 Å². The summed E-state index contributed by atoms with van der Waals surface area (Å²) in [5.41, 5.74) is 0.164. The molecule has 0 fully saturated rings. The molecule has 28 heavy (non-hydrogen) atoms. The van der Waals surface area contributed by atoms with E-state index in [-0.39, 0.29) is 52.9 Å². The molecule has 1 N–H and O–H groups in total. The summed E-state index contributed by atoms with van der Waals surface area (Å²) in [6.45, 7) is 2.90. The third-order valence-corrected chi connectivity index (χ3v) is 4.40. The Morgan fingerprint density at radius 2 is 1.43 bits per heavy atom. The van der Waals surface area contributed by atoms with Gasteiger partial charge in [-0.2, -0.15) is 0 Å². The molecule has 0 aliphatic heterocycles. The molecule has 0 spiro atoms. The number of phenols is 1. The Labute approximate surface area is 157 Å². The minimum Gasteiger partial charge on any atom is -0.508 e. The average Bonchev–Trinajstić information content (AvgIpc) is 3.17. The number of hydrogen-bond acceptors (Lipinski definition) is 9. The molecule has 0 saturated carbocycles. The van der Waals surface area contributed by atoms with Crippen LogP contribution in [0.4, 0.5) is 11.4 Å². The minimum absolute atomic E-state index is 0.00893. The fraction of sp³-hybridized carbons (Fsp3) is 0.294. The third-order valence-electron chi connectivity index (χ3n) is 4.40. The molecule has 0 amide bonds. The van der Waals surface area contributed by atoms with Crippen LogP contribution in [-0.4, -0.2) is 25.3 Å². The summed E-state index contributed by atoms with van der Waals surface area (Å²) >= 11 is 0. The molecular formula is C17H16N4O7. The second-order valence-corrected chi connectivity index (χ2v) is 6.26. The van der Waals surface area contributed by atoms with Gasteiger partial charge in [0.1, 0.15) is 5.75 Å². The first-order chi connectivity index (χ1) is 13.3. The molecule has 0 radical (unpaired) electrons. The molecular weight excluding hydrogens is 372 g/mol. The van der Waals surface area contributed by atoms with Gasteiger partial charge in [0.25, 0.3) is 0 Å². The molecule has 3 rings (SSSR count). The molecule has 146 valence electrons. The molecule has 2 aromatic heterocycles. The summed E-state index contributed by atoms with van der Waals surface area (Å²) in [7, 11) is 0. The second-order valence-electron chi connectivity index (χ2n) is 6.26. The van der Waals surface area contributed by atoms with Crippen LogP contribution in [0.25, 0.3) is 0 Å². The summed E-state index contributed by atoms with van der Waals surface area (Å²) in [4.78, 5) is 21.5. The molecule has 0 unspecified atom stereocenters. The van der Waals surface area contributed by atoms with Crippen molar-refractivity contribution < 1.29 is 24.0 Å². The van der Waals surface area contributed by atoms with Gasteiger partial charge in [-0.15, -0.1) is 0 Å². The van der Waals surface area contributed by atoms with E-state index < -0.39 is 15.8 Å².